The average Bonchev–Trinajstić information content (AvgIpc) is 3.03. The predicted molar refractivity (Wildman–Crippen MR) is 86.8 cm³/mol. The molecule has 1 aromatic rings. The first-order valence-corrected chi connectivity index (χ1v) is 7.91. The second kappa shape index (κ2) is 9.27. The van der Waals surface area contributed by atoms with E-state index in [1.54, 1.807) is 31.4 Å². The number of rotatable bonds is 9. The van der Waals surface area contributed by atoms with Crippen LogP contribution in [0.1, 0.15) is 23.2 Å². The fourth-order valence-corrected chi connectivity index (χ4v) is 2.76. The summed E-state index contributed by atoms with van der Waals surface area (Å²) in [7, 11) is 1.70. The molecule has 6 heteroatoms. The number of carbonyl (C=O) groups is 2. The van der Waals surface area contributed by atoms with Crippen molar-refractivity contribution in [3.63, 3.8) is 0 Å². The minimum Gasteiger partial charge on any atom is -0.483 e. The molecule has 0 bridgehead atoms. The summed E-state index contributed by atoms with van der Waals surface area (Å²) >= 11 is 0. The minimum atomic E-state index is -0.177. The van der Waals surface area contributed by atoms with Gasteiger partial charge in [0.05, 0.1) is 12.2 Å². The Morgan fingerprint density at radius 3 is 3.04 bits per heavy atom. The standard InChI is InChI=1S/C17H24N2O4/c1-22-10-9-19-8-4-6-15(19)11-18-17(21)13-23-16-7-3-2-5-14(16)12-20/h2-3,5,7,12,15H,4,6,8-11,13H2,1H3,(H,18,21). The van der Waals surface area contributed by atoms with Crippen molar-refractivity contribution in [1.29, 1.82) is 0 Å². The first-order valence-electron chi connectivity index (χ1n) is 7.91. The molecular weight excluding hydrogens is 296 g/mol. The number of hydrogen-bond donors (Lipinski definition) is 1. The highest BCUT2D eigenvalue weighted by atomic mass is 16.5. The molecule has 2 rings (SSSR count). The molecular formula is C17H24N2O4. The van der Waals surface area contributed by atoms with Crippen molar-refractivity contribution in [2.24, 2.45) is 0 Å². The molecule has 1 heterocycles. The number of benzene rings is 1. The normalized spacial score (nSPS) is 17.9. The second-order valence-corrected chi connectivity index (χ2v) is 5.57. The Labute approximate surface area is 136 Å². The lowest BCUT2D eigenvalue weighted by atomic mass is 10.2. The van der Waals surface area contributed by atoms with Gasteiger partial charge in [-0.15, -0.1) is 0 Å². The van der Waals surface area contributed by atoms with Crippen LogP contribution in [0.5, 0.6) is 5.75 Å². The van der Waals surface area contributed by atoms with Crippen molar-refractivity contribution in [3.8, 4) is 5.75 Å². The lowest BCUT2D eigenvalue weighted by molar-refractivity contribution is -0.123. The zero-order valence-corrected chi connectivity index (χ0v) is 13.5. The van der Waals surface area contributed by atoms with Gasteiger partial charge in [0.25, 0.3) is 5.91 Å². The summed E-state index contributed by atoms with van der Waals surface area (Å²) in [5, 5.41) is 2.90. The van der Waals surface area contributed by atoms with Crippen molar-refractivity contribution >= 4 is 12.2 Å². The Bertz CT molecular complexity index is 521. The van der Waals surface area contributed by atoms with Crippen LogP contribution in [0.4, 0.5) is 0 Å². The maximum absolute atomic E-state index is 11.9. The predicted octanol–water partition coefficient (Wildman–Crippen LogP) is 1.10. The fraction of sp³-hybridized carbons (Fsp3) is 0.529. The maximum Gasteiger partial charge on any atom is 0.257 e. The van der Waals surface area contributed by atoms with Crippen LogP contribution in [0.3, 0.4) is 0 Å². The van der Waals surface area contributed by atoms with Crippen LogP contribution in [-0.4, -0.2) is 63.1 Å². The lowest BCUT2D eigenvalue weighted by Crippen LogP contribution is -2.42. The molecule has 1 fully saturated rings. The van der Waals surface area contributed by atoms with E-state index in [1.165, 1.54) is 0 Å². The largest absolute Gasteiger partial charge is 0.483 e. The number of nitrogens with one attached hydrogen (secondary N) is 1. The number of amides is 1. The Kier molecular flexibility index (Phi) is 7.03. The van der Waals surface area contributed by atoms with Gasteiger partial charge in [-0.25, -0.2) is 0 Å². The molecule has 1 unspecified atom stereocenters. The molecule has 0 radical (unpaired) electrons. The van der Waals surface area contributed by atoms with Gasteiger partial charge in [0.1, 0.15) is 5.75 Å². The fourth-order valence-electron chi connectivity index (χ4n) is 2.76. The Morgan fingerprint density at radius 1 is 1.43 bits per heavy atom. The third-order valence-corrected chi connectivity index (χ3v) is 4.02. The van der Waals surface area contributed by atoms with E-state index in [9.17, 15) is 9.59 Å². The van der Waals surface area contributed by atoms with Crippen LogP contribution >= 0.6 is 0 Å². The quantitative estimate of drug-likeness (QED) is 0.690. The monoisotopic (exact) mass is 320 g/mol. The molecule has 1 N–H and O–H groups in total. The van der Waals surface area contributed by atoms with Gasteiger partial charge in [0.15, 0.2) is 12.9 Å². The third-order valence-electron chi connectivity index (χ3n) is 4.02. The molecule has 1 saturated heterocycles. The van der Waals surface area contributed by atoms with Crippen molar-refractivity contribution in [2.45, 2.75) is 18.9 Å². The van der Waals surface area contributed by atoms with E-state index in [4.69, 9.17) is 9.47 Å². The van der Waals surface area contributed by atoms with Crippen LogP contribution in [-0.2, 0) is 9.53 Å². The summed E-state index contributed by atoms with van der Waals surface area (Å²) in [6.45, 7) is 3.17. The third kappa shape index (κ3) is 5.33. The Balaban J connectivity index is 1.73. The summed E-state index contributed by atoms with van der Waals surface area (Å²) in [5.74, 6) is 0.254. The highest BCUT2D eigenvalue weighted by Gasteiger charge is 2.24. The van der Waals surface area contributed by atoms with Gasteiger partial charge in [-0.1, -0.05) is 12.1 Å². The summed E-state index contributed by atoms with van der Waals surface area (Å²) in [4.78, 5) is 25.2. The molecule has 6 nitrogen and oxygen atoms in total. The number of carbonyl (C=O) groups excluding carboxylic acids is 2. The molecule has 0 spiro atoms. The summed E-state index contributed by atoms with van der Waals surface area (Å²) in [5.41, 5.74) is 0.446. The number of likely N-dealkylation sites (tertiary alicyclic amines) is 1. The van der Waals surface area contributed by atoms with Crippen molar-refractivity contribution in [3.05, 3.63) is 29.8 Å². The molecule has 1 aliphatic heterocycles. The van der Waals surface area contributed by atoms with E-state index in [0.717, 1.165) is 32.2 Å². The molecule has 0 saturated carbocycles. The topological polar surface area (TPSA) is 67.9 Å². The number of para-hydroxylation sites is 1. The highest BCUT2D eigenvalue weighted by molar-refractivity contribution is 5.80. The van der Waals surface area contributed by atoms with Crippen LogP contribution in [0.2, 0.25) is 0 Å². The highest BCUT2D eigenvalue weighted by Crippen LogP contribution is 2.16. The van der Waals surface area contributed by atoms with Crippen LogP contribution in [0, 0.1) is 0 Å². The van der Waals surface area contributed by atoms with E-state index < -0.39 is 0 Å². The molecule has 1 aromatic carbocycles. The summed E-state index contributed by atoms with van der Waals surface area (Å²) in [6, 6.07) is 7.22. The van der Waals surface area contributed by atoms with Gasteiger partial charge < -0.3 is 14.8 Å². The zero-order valence-electron chi connectivity index (χ0n) is 13.5. The second-order valence-electron chi connectivity index (χ2n) is 5.57. The van der Waals surface area contributed by atoms with Gasteiger partial charge in [0.2, 0.25) is 0 Å². The smallest absolute Gasteiger partial charge is 0.257 e. The van der Waals surface area contributed by atoms with Gasteiger partial charge in [-0.3, -0.25) is 14.5 Å². The van der Waals surface area contributed by atoms with E-state index in [0.29, 0.717) is 30.5 Å². The average molecular weight is 320 g/mol. The van der Waals surface area contributed by atoms with E-state index in [1.807, 2.05) is 0 Å². The van der Waals surface area contributed by atoms with Crippen molar-refractivity contribution in [2.75, 3.05) is 40.0 Å². The molecule has 1 amide bonds. The molecule has 0 aromatic heterocycles. The SMILES string of the molecule is COCCN1CCCC1CNC(=O)COc1ccccc1C=O. The van der Waals surface area contributed by atoms with Gasteiger partial charge >= 0.3 is 0 Å². The minimum absolute atomic E-state index is 0.0877. The number of aldehydes is 1. The molecule has 0 aliphatic carbocycles. The number of hydrogen-bond acceptors (Lipinski definition) is 5. The summed E-state index contributed by atoms with van der Waals surface area (Å²) in [6.07, 6.45) is 2.95. The van der Waals surface area contributed by atoms with E-state index in [2.05, 4.69) is 10.2 Å². The number of methoxy groups -OCH3 is 1. The van der Waals surface area contributed by atoms with E-state index >= 15 is 0 Å². The molecule has 1 aliphatic rings. The number of ether oxygens (including phenoxy) is 2. The van der Waals surface area contributed by atoms with Crippen LogP contribution < -0.4 is 10.1 Å². The van der Waals surface area contributed by atoms with Gasteiger partial charge in [-0.2, -0.15) is 0 Å². The van der Waals surface area contributed by atoms with E-state index in [-0.39, 0.29) is 12.5 Å². The number of nitrogens with zero attached hydrogens (tertiary/aromatic N) is 1. The van der Waals surface area contributed by atoms with Gasteiger partial charge in [0, 0.05) is 26.2 Å². The van der Waals surface area contributed by atoms with Crippen molar-refractivity contribution < 1.29 is 19.1 Å². The summed E-state index contributed by atoms with van der Waals surface area (Å²) < 4.78 is 10.5. The maximum atomic E-state index is 11.9. The van der Waals surface area contributed by atoms with Crippen molar-refractivity contribution in [1.82, 2.24) is 10.2 Å². The van der Waals surface area contributed by atoms with Crippen LogP contribution in [0.15, 0.2) is 24.3 Å². The molecule has 126 valence electrons. The Hall–Kier alpha value is -1.92. The lowest BCUT2D eigenvalue weighted by Gasteiger charge is -2.24. The van der Waals surface area contributed by atoms with Gasteiger partial charge in [-0.05, 0) is 31.5 Å². The first kappa shape index (κ1) is 17.4. The molecule has 23 heavy (non-hydrogen) atoms. The zero-order chi connectivity index (χ0) is 16.5. The Morgan fingerprint density at radius 2 is 2.26 bits per heavy atom. The van der Waals surface area contributed by atoms with Crippen LogP contribution in [0.25, 0.3) is 0 Å². The first-order chi connectivity index (χ1) is 11.2. The molecule has 1 atom stereocenters.